The van der Waals surface area contributed by atoms with Crippen LogP contribution in [0, 0.1) is 12.8 Å². The van der Waals surface area contributed by atoms with E-state index in [0.717, 1.165) is 27.5 Å². The lowest BCUT2D eigenvalue weighted by Gasteiger charge is -2.22. The fourth-order valence-corrected chi connectivity index (χ4v) is 3.35. The Morgan fingerprint density at radius 1 is 1.28 bits per heavy atom. The summed E-state index contributed by atoms with van der Waals surface area (Å²) in [4.78, 5) is 7.59. The molecule has 2 aromatic heterocycles. The molecule has 1 aromatic carbocycles. The van der Waals surface area contributed by atoms with Crippen LogP contribution in [0.4, 0.5) is 19.0 Å². The second-order valence-electron chi connectivity index (χ2n) is 6.69. The summed E-state index contributed by atoms with van der Waals surface area (Å²) in [5.74, 6) is -0.103. The molecule has 0 aliphatic heterocycles. The van der Waals surface area contributed by atoms with Crippen LogP contribution in [0.15, 0.2) is 31.0 Å². The van der Waals surface area contributed by atoms with Crippen LogP contribution in [-0.2, 0) is 0 Å². The van der Waals surface area contributed by atoms with E-state index in [1.165, 1.54) is 7.05 Å². The fourth-order valence-electron chi connectivity index (χ4n) is 3.35. The SMILES string of the molecule is C=Cc1cnc(NC(C2CC2)C(F)(F)F)c2c1[nH]c1cc(C)ccc12.CC.CN. The van der Waals surface area contributed by atoms with E-state index in [0.29, 0.717) is 18.2 Å². The van der Waals surface area contributed by atoms with Crippen molar-refractivity contribution < 1.29 is 13.2 Å². The van der Waals surface area contributed by atoms with Crippen LogP contribution in [0.3, 0.4) is 0 Å². The van der Waals surface area contributed by atoms with Gasteiger partial charge in [0, 0.05) is 22.7 Å². The summed E-state index contributed by atoms with van der Waals surface area (Å²) in [6, 6.07) is 4.28. The van der Waals surface area contributed by atoms with Gasteiger partial charge in [0.05, 0.1) is 10.9 Å². The molecule has 1 aliphatic carbocycles. The highest BCUT2D eigenvalue weighted by atomic mass is 19.4. The molecule has 1 saturated carbocycles. The maximum Gasteiger partial charge on any atom is 0.408 e. The molecule has 0 amide bonds. The molecule has 0 radical (unpaired) electrons. The van der Waals surface area contributed by atoms with Crippen molar-refractivity contribution in [2.75, 3.05) is 12.4 Å². The van der Waals surface area contributed by atoms with Gasteiger partial charge in [0.1, 0.15) is 11.9 Å². The minimum atomic E-state index is -4.30. The Morgan fingerprint density at radius 2 is 1.93 bits per heavy atom. The number of alkyl halides is 3. The molecular formula is C22H29F3N4. The van der Waals surface area contributed by atoms with Crippen molar-refractivity contribution in [2.24, 2.45) is 11.7 Å². The molecule has 29 heavy (non-hydrogen) atoms. The van der Waals surface area contributed by atoms with E-state index < -0.39 is 12.2 Å². The van der Waals surface area contributed by atoms with Gasteiger partial charge in [0.25, 0.3) is 0 Å². The third-order valence-electron chi connectivity index (χ3n) is 4.77. The largest absolute Gasteiger partial charge is 0.408 e. The third kappa shape index (κ3) is 4.72. The lowest BCUT2D eigenvalue weighted by Crippen LogP contribution is -2.38. The Labute approximate surface area is 169 Å². The summed E-state index contributed by atoms with van der Waals surface area (Å²) in [6.45, 7) is 9.75. The fraction of sp³-hybridized carbons (Fsp3) is 0.409. The molecule has 0 spiro atoms. The monoisotopic (exact) mass is 406 g/mol. The predicted molar refractivity (Wildman–Crippen MR) is 116 cm³/mol. The van der Waals surface area contributed by atoms with Crippen molar-refractivity contribution in [1.29, 1.82) is 0 Å². The van der Waals surface area contributed by atoms with E-state index in [1.54, 1.807) is 12.3 Å². The molecule has 0 bridgehead atoms. The first-order valence-corrected chi connectivity index (χ1v) is 9.83. The van der Waals surface area contributed by atoms with Gasteiger partial charge in [-0.25, -0.2) is 4.98 Å². The summed E-state index contributed by atoms with van der Waals surface area (Å²) in [7, 11) is 1.50. The van der Waals surface area contributed by atoms with E-state index in [1.807, 2.05) is 39.0 Å². The van der Waals surface area contributed by atoms with Crippen LogP contribution in [0.2, 0.25) is 0 Å². The number of hydrogen-bond acceptors (Lipinski definition) is 3. The summed E-state index contributed by atoms with van der Waals surface area (Å²) < 4.78 is 40.3. The summed E-state index contributed by atoms with van der Waals surface area (Å²) >= 11 is 0. The van der Waals surface area contributed by atoms with Gasteiger partial charge < -0.3 is 16.0 Å². The first kappa shape index (κ1) is 22.7. The van der Waals surface area contributed by atoms with Crippen molar-refractivity contribution in [3.05, 3.63) is 42.1 Å². The van der Waals surface area contributed by atoms with Crippen LogP contribution >= 0.6 is 0 Å². The molecule has 2 heterocycles. The van der Waals surface area contributed by atoms with Gasteiger partial charge in [0.15, 0.2) is 0 Å². The van der Waals surface area contributed by atoms with Gasteiger partial charge in [-0.1, -0.05) is 38.6 Å². The van der Waals surface area contributed by atoms with E-state index in [2.05, 4.69) is 27.6 Å². The number of aromatic nitrogens is 2. The Hall–Kier alpha value is -2.54. The Morgan fingerprint density at radius 3 is 2.48 bits per heavy atom. The highest BCUT2D eigenvalue weighted by Gasteiger charge is 2.49. The van der Waals surface area contributed by atoms with E-state index in [4.69, 9.17) is 0 Å². The number of H-pyrrole nitrogens is 1. The quantitative estimate of drug-likeness (QED) is 0.496. The molecule has 1 unspecified atom stereocenters. The van der Waals surface area contributed by atoms with Crippen molar-refractivity contribution in [2.45, 2.75) is 45.8 Å². The molecule has 4 N–H and O–H groups in total. The standard InChI is InChI=1S/C19H18F3N3.C2H6.CH5N/c1-3-11-9-23-18(25-17(12-5-6-12)19(20,21)22)15-13-7-4-10(2)8-14(13)24-16(11)15;2*1-2/h3-4,7-9,12,17,24H,1,5-6H2,2H3,(H,23,25);1-2H3;2H2,1H3. The number of halogens is 3. The first-order valence-electron chi connectivity index (χ1n) is 9.83. The average Bonchev–Trinajstić information content (AvgIpc) is 3.47. The number of fused-ring (bicyclic) bond motifs is 3. The minimum absolute atomic E-state index is 0.268. The van der Waals surface area contributed by atoms with Crippen molar-refractivity contribution in [1.82, 2.24) is 9.97 Å². The molecule has 1 atom stereocenters. The van der Waals surface area contributed by atoms with Gasteiger partial charge in [-0.2, -0.15) is 13.2 Å². The van der Waals surface area contributed by atoms with Crippen molar-refractivity contribution in [3.8, 4) is 0 Å². The number of aromatic amines is 1. The van der Waals surface area contributed by atoms with Gasteiger partial charge >= 0.3 is 6.18 Å². The smallest absolute Gasteiger partial charge is 0.358 e. The van der Waals surface area contributed by atoms with E-state index in [9.17, 15) is 13.2 Å². The number of pyridine rings is 1. The van der Waals surface area contributed by atoms with E-state index in [-0.39, 0.29) is 11.7 Å². The molecule has 3 aromatic rings. The zero-order chi connectivity index (χ0) is 21.8. The van der Waals surface area contributed by atoms with Gasteiger partial charge in [0.2, 0.25) is 0 Å². The summed E-state index contributed by atoms with van der Waals surface area (Å²) in [6.07, 6.45) is 0.106. The second kappa shape index (κ2) is 9.31. The predicted octanol–water partition coefficient (Wildman–Crippen LogP) is 6.02. The third-order valence-corrected chi connectivity index (χ3v) is 4.77. The normalized spacial score (nSPS) is 14.5. The van der Waals surface area contributed by atoms with Crippen LogP contribution in [0.5, 0.6) is 0 Å². The molecule has 0 saturated heterocycles. The van der Waals surface area contributed by atoms with Crippen molar-refractivity contribution >= 4 is 33.7 Å². The number of hydrogen-bond donors (Lipinski definition) is 3. The molecular weight excluding hydrogens is 377 g/mol. The molecule has 7 heteroatoms. The lowest BCUT2D eigenvalue weighted by atomic mass is 10.1. The zero-order valence-corrected chi connectivity index (χ0v) is 17.3. The van der Waals surface area contributed by atoms with Gasteiger partial charge in [-0.05, 0) is 44.4 Å². The average molecular weight is 406 g/mol. The Balaban J connectivity index is 0.000000707. The number of nitrogens with zero attached hydrogens (tertiary/aromatic N) is 1. The van der Waals surface area contributed by atoms with Crippen LogP contribution in [-0.4, -0.2) is 29.2 Å². The molecule has 1 fully saturated rings. The molecule has 4 nitrogen and oxygen atoms in total. The van der Waals surface area contributed by atoms with Crippen LogP contribution in [0.25, 0.3) is 27.9 Å². The highest BCUT2D eigenvalue weighted by molar-refractivity contribution is 6.14. The second-order valence-corrected chi connectivity index (χ2v) is 6.69. The topological polar surface area (TPSA) is 66.7 Å². The molecule has 1 aliphatic rings. The highest BCUT2D eigenvalue weighted by Crippen LogP contribution is 2.43. The summed E-state index contributed by atoms with van der Waals surface area (Å²) in [5.41, 5.74) is 7.98. The first-order chi connectivity index (χ1) is 13.9. The number of aryl methyl sites for hydroxylation is 1. The van der Waals surface area contributed by atoms with Gasteiger partial charge in [-0.15, -0.1) is 0 Å². The van der Waals surface area contributed by atoms with Gasteiger partial charge in [-0.3, -0.25) is 0 Å². The zero-order valence-electron chi connectivity index (χ0n) is 17.3. The lowest BCUT2D eigenvalue weighted by molar-refractivity contribution is -0.146. The molecule has 158 valence electrons. The Bertz CT molecular complexity index is 971. The Kier molecular flexibility index (Phi) is 7.30. The van der Waals surface area contributed by atoms with Crippen molar-refractivity contribution in [3.63, 3.8) is 0 Å². The number of anilines is 1. The number of nitrogens with one attached hydrogen (secondary N) is 2. The maximum absolute atomic E-state index is 13.4. The van der Waals surface area contributed by atoms with E-state index >= 15 is 0 Å². The minimum Gasteiger partial charge on any atom is -0.358 e. The summed E-state index contributed by atoms with van der Waals surface area (Å²) in [5, 5.41) is 4.22. The van der Waals surface area contributed by atoms with Crippen LogP contribution < -0.4 is 11.1 Å². The number of rotatable bonds is 4. The molecule has 4 rings (SSSR count). The van der Waals surface area contributed by atoms with Crippen LogP contribution in [0.1, 0.15) is 37.8 Å². The number of nitrogens with two attached hydrogens (primary N) is 1. The maximum atomic E-state index is 13.4. The number of benzene rings is 1.